The highest BCUT2D eigenvalue weighted by molar-refractivity contribution is 4.76. The Balaban J connectivity index is 2.10. The van der Waals surface area contributed by atoms with Gasteiger partial charge in [0.05, 0.1) is 6.61 Å². The third-order valence-corrected chi connectivity index (χ3v) is 2.91. The van der Waals surface area contributed by atoms with E-state index in [-0.39, 0.29) is 0 Å². The van der Waals surface area contributed by atoms with Gasteiger partial charge in [-0.15, -0.1) is 0 Å². The molecular weight excluding hydrogens is 178 g/mol. The van der Waals surface area contributed by atoms with Crippen molar-refractivity contribution in [2.24, 2.45) is 11.8 Å². The molecule has 1 heterocycles. The molecule has 84 valence electrons. The Morgan fingerprint density at radius 3 is 2.86 bits per heavy atom. The van der Waals surface area contributed by atoms with Crippen LogP contribution in [0, 0.1) is 11.8 Å². The van der Waals surface area contributed by atoms with E-state index in [4.69, 9.17) is 9.47 Å². The normalized spacial score (nSPS) is 26.4. The quantitative estimate of drug-likeness (QED) is 0.702. The Kier molecular flexibility index (Phi) is 5.45. The second-order valence-corrected chi connectivity index (χ2v) is 4.38. The van der Waals surface area contributed by atoms with Crippen LogP contribution in [0.4, 0.5) is 0 Å². The summed E-state index contributed by atoms with van der Waals surface area (Å²) in [6, 6.07) is 0.566. The average Bonchev–Trinajstić information content (AvgIpc) is 2.67. The van der Waals surface area contributed by atoms with Gasteiger partial charge in [-0.1, -0.05) is 6.92 Å². The van der Waals surface area contributed by atoms with Crippen molar-refractivity contribution in [2.45, 2.75) is 26.3 Å². The molecule has 0 spiro atoms. The van der Waals surface area contributed by atoms with Crippen molar-refractivity contribution in [1.82, 2.24) is 5.32 Å². The summed E-state index contributed by atoms with van der Waals surface area (Å²) in [6.45, 7) is 8.18. The summed E-state index contributed by atoms with van der Waals surface area (Å²) in [5.41, 5.74) is 0. The van der Waals surface area contributed by atoms with E-state index in [2.05, 4.69) is 19.2 Å². The number of hydrogen-bond acceptors (Lipinski definition) is 3. The van der Waals surface area contributed by atoms with Gasteiger partial charge in [-0.2, -0.15) is 0 Å². The zero-order chi connectivity index (χ0) is 10.4. The summed E-state index contributed by atoms with van der Waals surface area (Å²) in [6.07, 6.45) is 1.20. The number of methoxy groups -OCH3 is 1. The maximum absolute atomic E-state index is 5.37. The van der Waals surface area contributed by atoms with E-state index in [0.29, 0.717) is 17.9 Å². The highest BCUT2D eigenvalue weighted by Gasteiger charge is 2.21. The van der Waals surface area contributed by atoms with Crippen LogP contribution in [0.1, 0.15) is 20.3 Å². The van der Waals surface area contributed by atoms with E-state index in [1.165, 1.54) is 6.42 Å². The lowest BCUT2D eigenvalue weighted by Crippen LogP contribution is -2.37. The smallest absolute Gasteiger partial charge is 0.0509 e. The van der Waals surface area contributed by atoms with Crippen LogP contribution < -0.4 is 5.32 Å². The van der Waals surface area contributed by atoms with Crippen molar-refractivity contribution >= 4 is 0 Å². The minimum atomic E-state index is 0.566. The Morgan fingerprint density at radius 2 is 2.29 bits per heavy atom. The van der Waals surface area contributed by atoms with Crippen LogP contribution in [0.15, 0.2) is 0 Å². The number of nitrogens with one attached hydrogen (secondary N) is 1. The molecule has 3 atom stereocenters. The van der Waals surface area contributed by atoms with Crippen molar-refractivity contribution in [3.63, 3.8) is 0 Å². The fraction of sp³-hybridized carbons (Fsp3) is 1.00. The van der Waals surface area contributed by atoms with Gasteiger partial charge in [0.25, 0.3) is 0 Å². The van der Waals surface area contributed by atoms with E-state index in [1.807, 2.05) is 0 Å². The number of rotatable bonds is 6. The largest absolute Gasteiger partial charge is 0.384 e. The highest BCUT2D eigenvalue weighted by Crippen LogP contribution is 2.16. The number of ether oxygens (including phenoxy) is 2. The molecule has 1 N–H and O–H groups in total. The van der Waals surface area contributed by atoms with Crippen molar-refractivity contribution in [3.8, 4) is 0 Å². The molecule has 3 unspecified atom stereocenters. The van der Waals surface area contributed by atoms with Crippen LogP contribution in [0.2, 0.25) is 0 Å². The monoisotopic (exact) mass is 201 g/mol. The van der Waals surface area contributed by atoms with Gasteiger partial charge >= 0.3 is 0 Å². The molecule has 1 saturated heterocycles. The zero-order valence-corrected chi connectivity index (χ0v) is 9.58. The molecule has 0 radical (unpaired) electrons. The summed E-state index contributed by atoms with van der Waals surface area (Å²) in [5.74, 6) is 1.29. The van der Waals surface area contributed by atoms with Crippen molar-refractivity contribution in [3.05, 3.63) is 0 Å². The van der Waals surface area contributed by atoms with E-state index >= 15 is 0 Å². The van der Waals surface area contributed by atoms with Gasteiger partial charge < -0.3 is 14.8 Å². The molecule has 0 bridgehead atoms. The molecule has 0 aromatic carbocycles. The van der Waals surface area contributed by atoms with Crippen LogP contribution in [0.3, 0.4) is 0 Å². The maximum Gasteiger partial charge on any atom is 0.0509 e. The van der Waals surface area contributed by atoms with Crippen LogP contribution in [0.5, 0.6) is 0 Å². The minimum Gasteiger partial charge on any atom is -0.384 e. The molecule has 3 nitrogen and oxygen atoms in total. The van der Waals surface area contributed by atoms with Crippen molar-refractivity contribution < 1.29 is 9.47 Å². The second-order valence-electron chi connectivity index (χ2n) is 4.38. The van der Waals surface area contributed by atoms with Gasteiger partial charge in [0.1, 0.15) is 0 Å². The first-order chi connectivity index (χ1) is 6.74. The third-order valence-electron chi connectivity index (χ3n) is 2.91. The fourth-order valence-corrected chi connectivity index (χ4v) is 1.84. The topological polar surface area (TPSA) is 30.5 Å². The summed E-state index contributed by atoms with van der Waals surface area (Å²) in [5, 5.41) is 3.55. The van der Waals surface area contributed by atoms with Gasteiger partial charge in [0, 0.05) is 32.9 Å². The van der Waals surface area contributed by atoms with Crippen molar-refractivity contribution in [1.29, 1.82) is 0 Å². The van der Waals surface area contributed by atoms with E-state index in [1.54, 1.807) is 7.11 Å². The maximum atomic E-state index is 5.37. The predicted molar refractivity (Wildman–Crippen MR) is 57.4 cm³/mol. The summed E-state index contributed by atoms with van der Waals surface area (Å²) in [4.78, 5) is 0. The number of hydrogen-bond donors (Lipinski definition) is 1. The predicted octanol–water partition coefficient (Wildman–Crippen LogP) is 1.28. The Hall–Kier alpha value is -0.120. The van der Waals surface area contributed by atoms with Gasteiger partial charge in [-0.3, -0.25) is 0 Å². The molecule has 0 aromatic heterocycles. The standard InChI is InChI=1S/C11H23NO2/c1-9(7-13-3)6-12-10(2)11-4-5-14-8-11/h9-12H,4-8H2,1-3H3. The molecular formula is C11H23NO2. The Morgan fingerprint density at radius 1 is 1.50 bits per heavy atom. The SMILES string of the molecule is COCC(C)CNC(C)C1CCOC1. The first-order valence-corrected chi connectivity index (χ1v) is 5.54. The molecule has 14 heavy (non-hydrogen) atoms. The third kappa shape index (κ3) is 3.95. The second kappa shape index (κ2) is 6.38. The average molecular weight is 201 g/mol. The van der Waals surface area contributed by atoms with Gasteiger partial charge in [-0.25, -0.2) is 0 Å². The Bertz CT molecular complexity index is 146. The molecule has 1 aliphatic rings. The van der Waals surface area contributed by atoms with Crippen LogP contribution in [0.25, 0.3) is 0 Å². The Labute approximate surface area is 87.2 Å². The van der Waals surface area contributed by atoms with E-state index < -0.39 is 0 Å². The molecule has 0 saturated carbocycles. The molecule has 0 aliphatic carbocycles. The lowest BCUT2D eigenvalue weighted by molar-refractivity contribution is 0.152. The molecule has 1 aliphatic heterocycles. The van der Waals surface area contributed by atoms with E-state index in [9.17, 15) is 0 Å². The van der Waals surface area contributed by atoms with Gasteiger partial charge in [0.15, 0.2) is 0 Å². The lowest BCUT2D eigenvalue weighted by atomic mass is 10.0. The molecule has 0 aromatic rings. The first-order valence-electron chi connectivity index (χ1n) is 5.54. The van der Waals surface area contributed by atoms with Crippen LogP contribution in [-0.4, -0.2) is 39.5 Å². The first kappa shape index (κ1) is 12.0. The van der Waals surface area contributed by atoms with Gasteiger partial charge in [-0.05, 0) is 25.2 Å². The summed E-state index contributed by atoms with van der Waals surface area (Å²) < 4.78 is 10.5. The molecule has 0 amide bonds. The molecule has 3 heteroatoms. The summed E-state index contributed by atoms with van der Waals surface area (Å²) in [7, 11) is 1.75. The van der Waals surface area contributed by atoms with Gasteiger partial charge in [0.2, 0.25) is 0 Å². The van der Waals surface area contributed by atoms with Crippen molar-refractivity contribution in [2.75, 3.05) is 33.5 Å². The molecule has 1 rings (SSSR count). The highest BCUT2D eigenvalue weighted by atomic mass is 16.5. The van der Waals surface area contributed by atoms with Crippen LogP contribution >= 0.6 is 0 Å². The zero-order valence-electron chi connectivity index (χ0n) is 9.58. The fourth-order valence-electron chi connectivity index (χ4n) is 1.84. The van der Waals surface area contributed by atoms with Crippen LogP contribution in [-0.2, 0) is 9.47 Å². The summed E-state index contributed by atoms with van der Waals surface area (Å²) >= 11 is 0. The minimum absolute atomic E-state index is 0.566. The van der Waals surface area contributed by atoms with E-state index in [0.717, 1.165) is 26.4 Å². The lowest BCUT2D eigenvalue weighted by Gasteiger charge is -2.21. The molecule has 1 fully saturated rings.